The van der Waals surface area contributed by atoms with E-state index in [2.05, 4.69) is 6.07 Å². The molecule has 0 amide bonds. The number of phenols is 1. The molecule has 0 fully saturated rings. The molecular formula is C26H18N2O4. The Balaban J connectivity index is 1.88. The molecule has 0 aliphatic carbocycles. The van der Waals surface area contributed by atoms with Crippen molar-refractivity contribution in [2.24, 2.45) is 5.73 Å². The predicted molar refractivity (Wildman–Crippen MR) is 120 cm³/mol. The number of nitrogens with zero attached hydrogens (tertiary/aromatic N) is 1. The predicted octanol–water partition coefficient (Wildman–Crippen LogP) is 4.69. The molecule has 4 aromatic rings. The Labute approximate surface area is 183 Å². The summed E-state index contributed by atoms with van der Waals surface area (Å²) in [6.45, 7) is 1.97. The number of hydrogen-bond donors (Lipinski definition) is 2. The van der Waals surface area contributed by atoms with Gasteiger partial charge in [-0.2, -0.15) is 5.26 Å². The van der Waals surface area contributed by atoms with Gasteiger partial charge in [0.25, 0.3) is 0 Å². The van der Waals surface area contributed by atoms with Gasteiger partial charge < -0.3 is 20.0 Å². The van der Waals surface area contributed by atoms with E-state index in [-0.39, 0.29) is 33.9 Å². The van der Waals surface area contributed by atoms with Crippen LogP contribution in [0.5, 0.6) is 11.5 Å². The van der Waals surface area contributed by atoms with Crippen molar-refractivity contribution in [1.29, 1.82) is 5.26 Å². The zero-order chi connectivity index (χ0) is 22.4. The fourth-order valence-electron chi connectivity index (χ4n) is 4.09. The Morgan fingerprint density at radius 3 is 2.47 bits per heavy atom. The summed E-state index contributed by atoms with van der Waals surface area (Å²) in [7, 11) is 0. The maximum absolute atomic E-state index is 13.0. The number of fused-ring (bicyclic) bond motifs is 3. The summed E-state index contributed by atoms with van der Waals surface area (Å²) < 4.78 is 11.9. The maximum atomic E-state index is 13.0. The minimum Gasteiger partial charge on any atom is -0.507 e. The van der Waals surface area contributed by atoms with Crippen molar-refractivity contribution in [2.45, 2.75) is 12.8 Å². The van der Waals surface area contributed by atoms with Crippen LogP contribution in [0.4, 0.5) is 0 Å². The third kappa shape index (κ3) is 2.99. The molecule has 3 N–H and O–H groups in total. The van der Waals surface area contributed by atoms with Crippen LogP contribution in [0.2, 0.25) is 0 Å². The number of allylic oxidation sites excluding steroid dienone is 1. The van der Waals surface area contributed by atoms with Crippen LogP contribution in [0.15, 0.2) is 87.4 Å². The fourth-order valence-corrected chi connectivity index (χ4v) is 4.09. The molecular weight excluding hydrogens is 404 g/mol. The van der Waals surface area contributed by atoms with Crippen LogP contribution in [0.1, 0.15) is 22.6 Å². The summed E-state index contributed by atoms with van der Waals surface area (Å²) in [5.74, 6) is -0.361. The number of benzene rings is 3. The van der Waals surface area contributed by atoms with Crippen molar-refractivity contribution in [3.05, 3.63) is 105 Å². The van der Waals surface area contributed by atoms with Crippen molar-refractivity contribution in [2.75, 3.05) is 0 Å². The Morgan fingerprint density at radius 1 is 1.06 bits per heavy atom. The van der Waals surface area contributed by atoms with Gasteiger partial charge in [0, 0.05) is 17.7 Å². The summed E-state index contributed by atoms with van der Waals surface area (Å²) in [5.41, 5.74) is 9.08. The van der Waals surface area contributed by atoms with E-state index in [0.29, 0.717) is 16.9 Å². The Bertz CT molecular complexity index is 1490. The number of nitrogens with two attached hydrogens (primary N) is 1. The lowest BCUT2D eigenvalue weighted by Crippen LogP contribution is -2.22. The molecule has 1 aliphatic rings. The summed E-state index contributed by atoms with van der Waals surface area (Å²) in [6, 6.07) is 21.7. The van der Waals surface area contributed by atoms with Gasteiger partial charge in [-0.05, 0) is 12.5 Å². The molecule has 0 spiro atoms. The van der Waals surface area contributed by atoms with Gasteiger partial charge in [0.2, 0.25) is 5.88 Å². The van der Waals surface area contributed by atoms with Crippen LogP contribution in [0.25, 0.3) is 22.3 Å². The Hall–Kier alpha value is -4.50. The molecule has 3 aromatic carbocycles. The van der Waals surface area contributed by atoms with Gasteiger partial charge in [-0.1, -0.05) is 60.2 Å². The van der Waals surface area contributed by atoms with E-state index in [1.54, 1.807) is 0 Å². The first-order valence-corrected chi connectivity index (χ1v) is 10.0. The lowest BCUT2D eigenvalue weighted by molar-refractivity contribution is 0.388. The van der Waals surface area contributed by atoms with E-state index in [1.807, 2.05) is 61.5 Å². The van der Waals surface area contributed by atoms with Gasteiger partial charge in [-0.15, -0.1) is 0 Å². The number of aromatic hydroxyl groups is 1. The molecule has 32 heavy (non-hydrogen) atoms. The van der Waals surface area contributed by atoms with E-state index >= 15 is 0 Å². The van der Waals surface area contributed by atoms with Crippen LogP contribution in [-0.4, -0.2) is 5.11 Å². The Kier molecular flexibility index (Phi) is 4.46. The van der Waals surface area contributed by atoms with Crippen LogP contribution in [0.3, 0.4) is 0 Å². The minimum atomic E-state index is -0.623. The molecule has 6 nitrogen and oxygen atoms in total. The zero-order valence-corrected chi connectivity index (χ0v) is 17.1. The lowest BCUT2D eigenvalue weighted by atomic mass is 9.82. The van der Waals surface area contributed by atoms with Gasteiger partial charge in [-0.3, -0.25) is 4.79 Å². The van der Waals surface area contributed by atoms with E-state index in [1.165, 1.54) is 12.1 Å². The molecule has 6 heteroatoms. The third-order valence-electron chi connectivity index (χ3n) is 5.63. The number of phenolic OH excluding ortho intramolecular Hbond substituents is 1. The Morgan fingerprint density at radius 2 is 1.78 bits per heavy atom. The number of nitriles is 1. The monoisotopic (exact) mass is 422 g/mol. The van der Waals surface area contributed by atoms with Crippen molar-refractivity contribution < 1.29 is 14.3 Å². The first-order valence-electron chi connectivity index (χ1n) is 10.0. The summed E-state index contributed by atoms with van der Waals surface area (Å²) in [5, 5.41) is 20.5. The summed E-state index contributed by atoms with van der Waals surface area (Å²) in [4.78, 5) is 13.0. The first-order chi connectivity index (χ1) is 15.5. The average molecular weight is 422 g/mol. The second-order valence-corrected chi connectivity index (χ2v) is 7.69. The second kappa shape index (κ2) is 7.33. The molecule has 1 aromatic heterocycles. The lowest BCUT2D eigenvalue weighted by Gasteiger charge is -2.27. The maximum Gasteiger partial charge on any atom is 0.205 e. The smallest absolute Gasteiger partial charge is 0.205 e. The second-order valence-electron chi connectivity index (χ2n) is 7.69. The highest BCUT2D eigenvalue weighted by Gasteiger charge is 2.35. The molecule has 0 saturated heterocycles. The SMILES string of the molecule is Cc1ccc(C2C(C#N)=C(N)Oc3cc(O)c4c(=O)cc(-c5ccccc5)oc4c32)cc1. The van der Waals surface area contributed by atoms with Crippen LogP contribution >= 0.6 is 0 Å². The van der Waals surface area contributed by atoms with Gasteiger partial charge in [0.1, 0.15) is 39.9 Å². The third-order valence-corrected chi connectivity index (χ3v) is 5.63. The van der Waals surface area contributed by atoms with Crippen LogP contribution < -0.4 is 15.9 Å². The first kappa shape index (κ1) is 19.5. The molecule has 156 valence electrons. The molecule has 1 unspecified atom stereocenters. The average Bonchev–Trinajstić information content (AvgIpc) is 2.79. The molecule has 1 aliphatic heterocycles. The minimum absolute atomic E-state index is 0.0295. The zero-order valence-electron chi connectivity index (χ0n) is 17.1. The van der Waals surface area contributed by atoms with Crippen molar-refractivity contribution in [3.63, 3.8) is 0 Å². The highest BCUT2D eigenvalue weighted by Crippen LogP contribution is 2.48. The number of hydrogen-bond acceptors (Lipinski definition) is 6. The number of rotatable bonds is 2. The number of ether oxygens (including phenoxy) is 1. The van der Waals surface area contributed by atoms with Crippen molar-refractivity contribution in [3.8, 4) is 28.9 Å². The van der Waals surface area contributed by atoms with Gasteiger partial charge in [-0.25, -0.2) is 0 Å². The van der Waals surface area contributed by atoms with Crippen LogP contribution in [-0.2, 0) is 0 Å². The highest BCUT2D eigenvalue weighted by atomic mass is 16.5. The van der Waals surface area contributed by atoms with Crippen molar-refractivity contribution in [1.82, 2.24) is 0 Å². The summed E-state index contributed by atoms with van der Waals surface area (Å²) >= 11 is 0. The molecule has 5 rings (SSSR count). The molecule has 0 radical (unpaired) electrons. The van der Waals surface area contributed by atoms with E-state index in [4.69, 9.17) is 14.9 Å². The molecule has 1 atom stereocenters. The van der Waals surface area contributed by atoms with Crippen LogP contribution in [0, 0.1) is 18.3 Å². The molecule has 2 heterocycles. The van der Waals surface area contributed by atoms with E-state index in [0.717, 1.165) is 11.1 Å². The highest BCUT2D eigenvalue weighted by molar-refractivity contribution is 5.91. The topological polar surface area (TPSA) is 109 Å². The van der Waals surface area contributed by atoms with Gasteiger partial charge in [0.05, 0.1) is 11.5 Å². The molecule has 0 bridgehead atoms. The normalized spacial score (nSPS) is 15.2. The van der Waals surface area contributed by atoms with Gasteiger partial charge in [0.15, 0.2) is 5.43 Å². The standard InChI is InChI=1S/C26H18N2O4/c1-14-7-9-16(10-8-14)22-17(13-27)26(28)32-21-12-19(30)23-18(29)11-20(31-25(23)24(21)22)15-5-3-2-4-6-15/h2-12,22,30H,28H2,1H3. The van der Waals surface area contributed by atoms with Gasteiger partial charge >= 0.3 is 0 Å². The van der Waals surface area contributed by atoms with Crippen molar-refractivity contribution >= 4 is 11.0 Å². The summed E-state index contributed by atoms with van der Waals surface area (Å²) in [6.07, 6.45) is 0. The number of aryl methyl sites for hydroxylation is 1. The quantitative estimate of drug-likeness (QED) is 0.485. The fraction of sp³-hybridized carbons (Fsp3) is 0.0769. The van der Waals surface area contributed by atoms with E-state index in [9.17, 15) is 15.2 Å². The largest absolute Gasteiger partial charge is 0.507 e. The molecule has 0 saturated carbocycles. The van der Waals surface area contributed by atoms with E-state index < -0.39 is 11.3 Å².